The molecular formula is C23H36O2. The van der Waals surface area contributed by atoms with Gasteiger partial charge in [-0.05, 0) is 73.7 Å². The van der Waals surface area contributed by atoms with Crippen molar-refractivity contribution in [3.05, 3.63) is 35.5 Å². The maximum absolute atomic E-state index is 10.0. The average molecular weight is 345 g/mol. The van der Waals surface area contributed by atoms with Gasteiger partial charge in [0.1, 0.15) is 0 Å². The van der Waals surface area contributed by atoms with Crippen molar-refractivity contribution in [2.24, 2.45) is 23.2 Å². The molecule has 0 spiro atoms. The molecule has 25 heavy (non-hydrogen) atoms. The second-order valence-corrected chi connectivity index (χ2v) is 9.06. The molecule has 0 aliphatic heterocycles. The van der Waals surface area contributed by atoms with E-state index in [0.717, 1.165) is 23.3 Å². The number of allylic oxidation sites excluding steroid dienone is 3. The van der Waals surface area contributed by atoms with Crippen LogP contribution in [0.15, 0.2) is 35.5 Å². The van der Waals surface area contributed by atoms with Crippen LogP contribution in [0.5, 0.6) is 0 Å². The molecule has 2 nitrogen and oxygen atoms in total. The third-order valence-electron chi connectivity index (χ3n) is 7.67. The minimum atomic E-state index is -0.591. The number of hydrogen-bond acceptors (Lipinski definition) is 2. The lowest BCUT2D eigenvalue weighted by atomic mass is 9.61. The first-order chi connectivity index (χ1) is 11.9. The molecule has 3 aliphatic carbocycles. The maximum Gasteiger partial charge on any atom is 0.0809 e. The van der Waals surface area contributed by atoms with Crippen LogP contribution in [0.4, 0.5) is 0 Å². The van der Waals surface area contributed by atoms with Crippen molar-refractivity contribution in [3.63, 3.8) is 0 Å². The predicted octanol–water partition coefficient (Wildman–Crippen LogP) is 5.17. The van der Waals surface area contributed by atoms with E-state index >= 15 is 0 Å². The van der Waals surface area contributed by atoms with Gasteiger partial charge >= 0.3 is 0 Å². The Balaban J connectivity index is 1.78. The summed E-state index contributed by atoms with van der Waals surface area (Å²) in [5, 5.41) is 20.1. The highest BCUT2D eigenvalue weighted by atomic mass is 16.3. The second kappa shape index (κ2) is 7.40. The van der Waals surface area contributed by atoms with E-state index in [2.05, 4.69) is 39.5 Å². The van der Waals surface area contributed by atoms with E-state index in [4.69, 9.17) is 0 Å². The summed E-state index contributed by atoms with van der Waals surface area (Å²) in [4.78, 5) is 0. The van der Waals surface area contributed by atoms with Gasteiger partial charge in [-0.1, -0.05) is 57.1 Å². The van der Waals surface area contributed by atoms with Crippen LogP contribution in [-0.4, -0.2) is 22.4 Å². The van der Waals surface area contributed by atoms with Crippen molar-refractivity contribution < 1.29 is 10.2 Å². The zero-order valence-corrected chi connectivity index (χ0v) is 16.3. The molecular weight excluding hydrogens is 308 g/mol. The number of aliphatic hydroxyl groups excluding tert-OH is 2. The first-order valence-electron chi connectivity index (χ1n) is 10.3. The monoisotopic (exact) mass is 344 g/mol. The smallest absolute Gasteiger partial charge is 0.0809 e. The van der Waals surface area contributed by atoms with Crippen LogP contribution in [0.2, 0.25) is 0 Å². The third-order valence-corrected chi connectivity index (χ3v) is 7.67. The summed E-state index contributed by atoms with van der Waals surface area (Å²) in [5.41, 5.74) is 3.81. The molecule has 2 N–H and O–H groups in total. The molecule has 3 aliphatic rings. The van der Waals surface area contributed by atoms with Crippen LogP contribution in [0.1, 0.15) is 72.1 Å². The fourth-order valence-electron chi connectivity index (χ4n) is 5.92. The lowest BCUT2D eigenvalue weighted by Crippen LogP contribution is -2.35. The Morgan fingerprint density at radius 3 is 2.52 bits per heavy atom. The van der Waals surface area contributed by atoms with E-state index in [1.165, 1.54) is 38.5 Å². The molecule has 0 aromatic carbocycles. The van der Waals surface area contributed by atoms with Gasteiger partial charge in [-0.15, -0.1) is 0 Å². The van der Waals surface area contributed by atoms with Crippen molar-refractivity contribution in [3.8, 4) is 0 Å². The first kappa shape index (κ1) is 18.9. The van der Waals surface area contributed by atoms with Crippen LogP contribution in [0, 0.1) is 23.2 Å². The zero-order chi connectivity index (χ0) is 18.2. The number of fused-ring (bicyclic) bond motifs is 1. The third kappa shape index (κ3) is 3.53. The summed E-state index contributed by atoms with van der Waals surface area (Å²) in [6, 6.07) is 0. The Kier molecular flexibility index (Phi) is 5.60. The van der Waals surface area contributed by atoms with Crippen molar-refractivity contribution in [1.82, 2.24) is 0 Å². The molecule has 0 aromatic heterocycles. The molecule has 0 saturated heterocycles. The fraction of sp³-hybridized carbons (Fsp3) is 0.739. The number of hydrogen-bond donors (Lipinski definition) is 2. The van der Waals surface area contributed by atoms with E-state index in [0.29, 0.717) is 23.8 Å². The summed E-state index contributed by atoms with van der Waals surface area (Å²) >= 11 is 0. The average Bonchev–Trinajstić information content (AvgIpc) is 2.94. The minimum absolute atomic E-state index is 0.470. The van der Waals surface area contributed by atoms with Gasteiger partial charge in [-0.3, -0.25) is 0 Å². The largest absolute Gasteiger partial charge is 0.388 e. The van der Waals surface area contributed by atoms with Crippen LogP contribution >= 0.6 is 0 Å². The molecule has 0 heterocycles. The van der Waals surface area contributed by atoms with Crippen LogP contribution in [0.3, 0.4) is 0 Å². The zero-order valence-electron chi connectivity index (χ0n) is 16.3. The molecule has 2 heteroatoms. The molecule has 6 atom stereocenters. The van der Waals surface area contributed by atoms with Gasteiger partial charge in [-0.2, -0.15) is 0 Å². The standard InChI is InChI=1S/C23H36O2/c1-5-15(2)19-10-11-20-18(7-6-12-23(19,20)4)9-8-17-13-21(24)16(3)22(25)14-17/h8-9,15,19-22,24-25H,3,5-7,10-14H2,1-2,4H3/t15-,19?,20+,21-,22-,23-/m1/s1. The van der Waals surface area contributed by atoms with E-state index in [1.54, 1.807) is 5.57 Å². The lowest BCUT2D eigenvalue weighted by Gasteiger charge is -2.44. The Morgan fingerprint density at radius 1 is 1.20 bits per heavy atom. The Labute approximate surface area is 153 Å². The van der Waals surface area contributed by atoms with Gasteiger partial charge in [0, 0.05) is 0 Å². The number of rotatable bonds is 3. The maximum atomic E-state index is 10.0. The fourth-order valence-corrected chi connectivity index (χ4v) is 5.92. The quantitative estimate of drug-likeness (QED) is 0.693. The highest BCUT2D eigenvalue weighted by Crippen LogP contribution is 2.59. The first-order valence-corrected chi connectivity index (χ1v) is 10.3. The van der Waals surface area contributed by atoms with Crippen LogP contribution in [0.25, 0.3) is 0 Å². The van der Waals surface area contributed by atoms with Crippen molar-refractivity contribution >= 4 is 0 Å². The van der Waals surface area contributed by atoms with Gasteiger partial charge in [-0.25, -0.2) is 0 Å². The van der Waals surface area contributed by atoms with Crippen molar-refractivity contribution in [2.45, 2.75) is 84.3 Å². The normalized spacial score (nSPS) is 41.7. The van der Waals surface area contributed by atoms with Crippen LogP contribution < -0.4 is 0 Å². The second-order valence-electron chi connectivity index (χ2n) is 9.06. The minimum Gasteiger partial charge on any atom is -0.388 e. The molecule has 3 saturated carbocycles. The lowest BCUT2D eigenvalue weighted by molar-refractivity contribution is 0.0961. The summed E-state index contributed by atoms with van der Waals surface area (Å²) in [5.74, 6) is 2.41. The van der Waals surface area contributed by atoms with Gasteiger partial charge in [0.2, 0.25) is 0 Å². The SMILES string of the molecule is C=C1[C@H](O)CC(=CC=C2CCC[C@]3(C)C([C@H](C)CC)CC[C@@H]23)C[C@H]1O. The van der Waals surface area contributed by atoms with E-state index in [-0.39, 0.29) is 0 Å². The summed E-state index contributed by atoms with van der Waals surface area (Å²) < 4.78 is 0. The molecule has 3 fully saturated rings. The Morgan fingerprint density at radius 2 is 1.88 bits per heavy atom. The molecule has 3 rings (SSSR count). The van der Waals surface area contributed by atoms with Gasteiger partial charge in [0.05, 0.1) is 12.2 Å². The van der Waals surface area contributed by atoms with Crippen molar-refractivity contribution in [2.75, 3.05) is 0 Å². The summed E-state index contributed by atoms with van der Waals surface area (Å²) in [7, 11) is 0. The molecule has 1 unspecified atom stereocenters. The predicted molar refractivity (Wildman–Crippen MR) is 104 cm³/mol. The molecule has 0 bridgehead atoms. The van der Waals surface area contributed by atoms with Crippen molar-refractivity contribution in [1.29, 1.82) is 0 Å². The Hall–Kier alpha value is -0.860. The van der Waals surface area contributed by atoms with E-state index in [1.807, 2.05) is 0 Å². The molecule has 0 amide bonds. The topological polar surface area (TPSA) is 40.5 Å². The van der Waals surface area contributed by atoms with E-state index < -0.39 is 12.2 Å². The molecule has 0 radical (unpaired) electrons. The van der Waals surface area contributed by atoms with E-state index in [9.17, 15) is 10.2 Å². The summed E-state index contributed by atoms with van der Waals surface area (Å²) in [6.45, 7) is 11.1. The van der Waals surface area contributed by atoms with Gasteiger partial charge in [0.15, 0.2) is 0 Å². The molecule has 140 valence electrons. The summed E-state index contributed by atoms with van der Waals surface area (Å²) in [6.07, 6.45) is 12.5. The Bertz CT molecular complexity index is 557. The van der Waals surface area contributed by atoms with Gasteiger partial charge in [0.25, 0.3) is 0 Å². The molecule has 0 aromatic rings. The highest BCUT2D eigenvalue weighted by molar-refractivity contribution is 5.29. The van der Waals surface area contributed by atoms with Gasteiger partial charge < -0.3 is 10.2 Å². The van der Waals surface area contributed by atoms with Crippen LogP contribution in [-0.2, 0) is 0 Å². The highest BCUT2D eigenvalue weighted by Gasteiger charge is 2.50. The number of aliphatic hydroxyl groups is 2.